The van der Waals surface area contributed by atoms with E-state index in [2.05, 4.69) is 10.2 Å². The van der Waals surface area contributed by atoms with Crippen LogP contribution in [-0.4, -0.2) is 29.0 Å². The van der Waals surface area contributed by atoms with Crippen LogP contribution in [0.2, 0.25) is 0 Å². The molecule has 5 heteroatoms. The number of hydrogen-bond acceptors (Lipinski definition) is 5. The van der Waals surface area contributed by atoms with Crippen molar-refractivity contribution in [1.29, 1.82) is 0 Å². The second kappa shape index (κ2) is 6.82. The molecule has 0 unspecified atom stereocenters. The van der Waals surface area contributed by atoms with Crippen molar-refractivity contribution in [2.24, 2.45) is 0 Å². The van der Waals surface area contributed by atoms with E-state index in [0.29, 0.717) is 23.9 Å². The first-order chi connectivity index (χ1) is 9.31. The quantitative estimate of drug-likeness (QED) is 0.860. The van der Waals surface area contributed by atoms with Crippen LogP contribution >= 0.6 is 0 Å². The predicted molar refractivity (Wildman–Crippen MR) is 70.1 cm³/mol. The fourth-order valence-electron chi connectivity index (χ4n) is 1.55. The third-order valence-electron chi connectivity index (χ3n) is 2.60. The van der Waals surface area contributed by atoms with Crippen LogP contribution in [0.1, 0.15) is 11.3 Å². The van der Waals surface area contributed by atoms with Gasteiger partial charge in [-0.1, -0.05) is 12.1 Å². The van der Waals surface area contributed by atoms with Gasteiger partial charge in [0.1, 0.15) is 5.75 Å². The van der Waals surface area contributed by atoms with Crippen molar-refractivity contribution in [3.05, 3.63) is 47.7 Å². The van der Waals surface area contributed by atoms with Crippen molar-refractivity contribution in [2.75, 3.05) is 13.7 Å². The molecule has 2 aromatic rings. The Hall–Kier alpha value is -1.98. The Kier molecular flexibility index (Phi) is 4.83. The second-order valence-electron chi connectivity index (χ2n) is 4.01. The number of hydrogen-bond donors (Lipinski definition) is 1. The van der Waals surface area contributed by atoms with E-state index in [-0.39, 0.29) is 6.61 Å². The molecule has 1 aromatic carbocycles. The lowest BCUT2D eigenvalue weighted by molar-refractivity contribution is 0.202. The summed E-state index contributed by atoms with van der Waals surface area (Å²) < 4.78 is 10.6. The molecule has 1 N–H and O–H groups in total. The minimum atomic E-state index is -0.124. The van der Waals surface area contributed by atoms with Crippen molar-refractivity contribution in [2.45, 2.75) is 13.0 Å². The molecule has 1 aromatic heterocycles. The highest BCUT2D eigenvalue weighted by atomic mass is 16.5. The van der Waals surface area contributed by atoms with E-state index < -0.39 is 0 Å². The monoisotopic (exact) mass is 260 g/mol. The lowest BCUT2D eigenvalue weighted by atomic mass is 10.1. The van der Waals surface area contributed by atoms with Crippen molar-refractivity contribution in [3.8, 4) is 11.6 Å². The van der Waals surface area contributed by atoms with E-state index >= 15 is 0 Å². The molecule has 0 saturated heterocycles. The van der Waals surface area contributed by atoms with Crippen LogP contribution < -0.4 is 4.74 Å². The fraction of sp³-hybridized carbons (Fsp3) is 0.286. The molecule has 5 nitrogen and oxygen atoms in total. The maximum absolute atomic E-state index is 8.87. The van der Waals surface area contributed by atoms with E-state index in [1.54, 1.807) is 19.2 Å². The maximum Gasteiger partial charge on any atom is 0.238 e. The molecule has 0 aliphatic heterocycles. The number of aromatic nitrogens is 2. The second-order valence-corrected chi connectivity index (χ2v) is 4.01. The molecule has 0 bridgehead atoms. The Bertz CT molecular complexity index is 497. The minimum Gasteiger partial charge on any atom is -0.438 e. The molecule has 100 valence electrons. The Labute approximate surface area is 111 Å². The lowest BCUT2D eigenvalue weighted by Crippen LogP contribution is -1.96. The van der Waals surface area contributed by atoms with Gasteiger partial charge in [-0.05, 0) is 30.2 Å². The summed E-state index contributed by atoms with van der Waals surface area (Å²) in [5.41, 5.74) is 1.71. The van der Waals surface area contributed by atoms with E-state index in [1.807, 2.05) is 24.3 Å². The van der Waals surface area contributed by atoms with Crippen molar-refractivity contribution in [1.82, 2.24) is 10.2 Å². The summed E-state index contributed by atoms with van der Waals surface area (Å²) in [6.07, 6.45) is 0.877. The van der Waals surface area contributed by atoms with Gasteiger partial charge in [-0.2, -0.15) is 0 Å². The number of rotatable bonds is 6. The number of ether oxygens (including phenoxy) is 2. The molecule has 0 atom stereocenters. The summed E-state index contributed by atoms with van der Waals surface area (Å²) in [7, 11) is 1.69. The average Bonchev–Trinajstić information content (AvgIpc) is 2.47. The van der Waals surface area contributed by atoms with Gasteiger partial charge in [0.2, 0.25) is 5.88 Å². The molecule has 1 heterocycles. The highest BCUT2D eigenvalue weighted by molar-refractivity contribution is 5.30. The summed E-state index contributed by atoms with van der Waals surface area (Å²) in [5, 5.41) is 16.5. The smallest absolute Gasteiger partial charge is 0.238 e. The Morgan fingerprint density at radius 1 is 1.05 bits per heavy atom. The number of benzene rings is 1. The van der Waals surface area contributed by atoms with Crippen LogP contribution in [-0.2, 0) is 17.8 Å². The number of aliphatic hydroxyl groups is 1. The van der Waals surface area contributed by atoms with Crippen molar-refractivity contribution < 1.29 is 14.6 Å². The van der Waals surface area contributed by atoms with Crippen LogP contribution in [0.4, 0.5) is 0 Å². The summed E-state index contributed by atoms with van der Waals surface area (Å²) in [4.78, 5) is 0. The average molecular weight is 260 g/mol. The van der Waals surface area contributed by atoms with Crippen LogP contribution in [0.25, 0.3) is 0 Å². The number of nitrogens with zero attached hydrogens (tertiary/aromatic N) is 2. The Morgan fingerprint density at radius 2 is 1.84 bits per heavy atom. The predicted octanol–water partition coefficient (Wildman–Crippen LogP) is 1.95. The van der Waals surface area contributed by atoms with Gasteiger partial charge in [-0.3, -0.25) is 0 Å². The lowest BCUT2D eigenvalue weighted by Gasteiger charge is -2.05. The minimum absolute atomic E-state index is 0.124. The zero-order valence-corrected chi connectivity index (χ0v) is 10.7. The fourth-order valence-corrected chi connectivity index (χ4v) is 1.55. The standard InChI is InChI=1S/C14H16N2O3/c1-18-9-8-11-2-5-13(6-3-11)19-14-7-4-12(10-17)15-16-14/h2-7,17H,8-10H2,1H3. The first kappa shape index (κ1) is 13.5. The topological polar surface area (TPSA) is 64.5 Å². The molecule has 0 saturated carbocycles. The molecule has 0 radical (unpaired) electrons. The van der Waals surface area contributed by atoms with E-state index in [0.717, 1.165) is 6.42 Å². The largest absolute Gasteiger partial charge is 0.438 e. The van der Waals surface area contributed by atoms with E-state index in [4.69, 9.17) is 14.6 Å². The third kappa shape index (κ3) is 4.01. The zero-order chi connectivity index (χ0) is 13.5. The normalized spacial score (nSPS) is 10.4. The first-order valence-corrected chi connectivity index (χ1v) is 6.01. The van der Waals surface area contributed by atoms with E-state index in [1.165, 1.54) is 5.56 Å². The Morgan fingerprint density at radius 3 is 2.42 bits per heavy atom. The number of aliphatic hydroxyl groups excluding tert-OH is 1. The SMILES string of the molecule is COCCc1ccc(Oc2ccc(CO)nn2)cc1. The molecular weight excluding hydrogens is 244 g/mol. The molecule has 0 amide bonds. The highest BCUT2D eigenvalue weighted by Gasteiger charge is 2.01. The summed E-state index contributed by atoms with van der Waals surface area (Å²) in [6.45, 7) is 0.579. The van der Waals surface area contributed by atoms with Crippen molar-refractivity contribution >= 4 is 0 Å². The highest BCUT2D eigenvalue weighted by Crippen LogP contribution is 2.19. The molecule has 0 fully saturated rings. The van der Waals surface area contributed by atoms with Gasteiger partial charge in [0.15, 0.2) is 0 Å². The third-order valence-corrected chi connectivity index (χ3v) is 2.60. The van der Waals surface area contributed by atoms with Crippen LogP contribution in [0.5, 0.6) is 11.6 Å². The summed E-state index contributed by atoms with van der Waals surface area (Å²) >= 11 is 0. The van der Waals surface area contributed by atoms with Gasteiger partial charge in [0.25, 0.3) is 0 Å². The number of methoxy groups -OCH3 is 1. The molecule has 0 spiro atoms. The summed E-state index contributed by atoms with van der Waals surface area (Å²) in [6, 6.07) is 11.1. The van der Waals surface area contributed by atoms with Gasteiger partial charge in [0.05, 0.1) is 18.9 Å². The maximum atomic E-state index is 8.87. The van der Waals surface area contributed by atoms with Gasteiger partial charge < -0.3 is 14.6 Å². The Balaban J connectivity index is 1.98. The van der Waals surface area contributed by atoms with Gasteiger partial charge in [0, 0.05) is 13.2 Å². The molecule has 0 aliphatic rings. The van der Waals surface area contributed by atoms with Gasteiger partial charge in [-0.25, -0.2) is 0 Å². The van der Waals surface area contributed by atoms with Crippen LogP contribution in [0.3, 0.4) is 0 Å². The van der Waals surface area contributed by atoms with Crippen molar-refractivity contribution in [3.63, 3.8) is 0 Å². The van der Waals surface area contributed by atoms with Crippen LogP contribution in [0, 0.1) is 0 Å². The molecule has 0 aliphatic carbocycles. The molecular formula is C14H16N2O3. The van der Waals surface area contributed by atoms with E-state index in [9.17, 15) is 0 Å². The summed E-state index contributed by atoms with van der Waals surface area (Å²) in [5.74, 6) is 1.11. The zero-order valence-electron chi connectivity index (χ0n) is 10.7. The molecule has 2 rings (SSSR count). The van der Waals surface area contributed by atoms with Gasteiger partial charge in [-0.15, -0.1) is 10.2 Å². The van der Waals surface area contributed by atoms with Crippen LogP contribution in [0.15, 0.2) is 36.4 Å². The van der Waals surface area contributed by atoms with Gasteiger partial charge >= 0.3 is 0 Å². The first-order valence-electron chi connectivity index (χ1n) is 6.01. The molecule has 19 heavy (non-hydrogen) atoms.